The topological polar surface area (TPSA) is 85.4 Å². The SMILES string of the molecule is Cc1[nH]c2c(C)ccc(C)c2c1CC(=O)N1CC[C@@H](O)[C@H](NC(=O)C2CC2)C1. The van der Waals surface area contributed by atoms with E-state index in [1.165, 1.54) is 5.56 Å². The molecule has 1 aromatic carbocycles. The van der Waals surface area contributed by atoms with Gasteiger partial charge in [0, 0.05) is 35.6 Å². The number of aromatic nitrogens is 1. The van der Waals surface area contributed by atoms with E-state index < -0.39 is 6.10 Å². The third-order valence-electron chi connectivity index (χ3n) is 6.22. The van der Waals surface area contributed by atoms with Crippen molar-refractivity contribution in [2.24, 2.45) is 5.92 Å². The third-order valence-corrected chi connectivity index (χ3v) is 6.22. The minimum Gasteiger partial charge on any atom is -0.391 e. The summed E-state index contributed by atoms with van der Waals surface area (Å²) in [5, 5.41) is 14.4. The number of aryl methyl sites for hydroxylation is 3. The van der Waals surface area contributed by atoms with E-state index in [9.17, 15) is 14.7 Å². The summed E-state index contributed by atoms with van der Waals surface area (Å²) in [5.74, 6) is 0.151. The smallest absolute Gasteiger partial charge is 0.227 e. The number of rotatable bonds is 4. The number of likely N-dealkylation sites (tertiary alicyclic amines) is 1. The van der Waals surface area contributed by atoms with E-state index in [2.05, 4.69) is 36.3 Å². The summed E-state index contributed by atoms with van der Waals surface area (Å²) in [6, 6.07) is 3.82. The largest absolute Gasteiger partial charge is 0.391 e. The van der Waals surface area contributed by atoms with Crippen LogP contribution in [-0.2, 0) is 16.0 Å². The first kappa shape index (κ1) is 19.0. The zero-order chi connectivity index (χ0) is 20.0. The van der Waals surface area contributed by atoms with Crippen molar-refractivity contribution in [3.8, 4) is 0 Å². The van der Waals surface area contributed by atoms with Crippen LogP contribution >= 0.6 is 0 Å². The number of amides is 2. The highest BCUT2D eigenvalue weighted by Crippen LogP contribution is 2.30. The van der Waals surface area contributed by atoms with Gasteiger partial charge in [0.1, 0.15) is 0 Å². The molecule has 0 unspecified atom stereocenters. The predicted molar refractivity (Wildman–Crippen MR) is 108 cm³/mol. The number of carbonyl (C=O) groups is 2. The fraction of sp³-hybridized carbons (Fsp3) is 0.545. The van der Waals surface area contributed by atoms with Crippen LogP contribution in [0, 0.1) is 26.7 Å². The Hall–Kier alpha value is -2.34. The summed E-state index contributed by atoms with van der Waals surface area (Å²) in [7, 11) is 0. The standard InChI is InChI=1S/C22H29N3O3/c1-12-4-5-13(2)21-20(12)16(14(3)23-21)10-19(27)25-9-8-18(26)17(11-25)24-22(28)15-6-7-15/h4-5,15,17-18,23,26H,6-11H2,1-3H3,(H,24,28)/t17-,18-/m1/s1. The predicted octanol–water partition coefficient (Wildman–Crippen LogP) is 2.12. The Balaban J connectivity index is 1.50. The number of hydrogen-bond donors (Lipinski definition) is 3. The summed E-state index contributed by atoms with van der Waals surface area (Å²) in [5.41, 5.74) is 5.51. The second-order valence-corrected chi connectivity index (χ2v) is 8.44. The lowest BCUT2D eigenvalue weighted by molar-refractivity contribution is -0.135. The van der Waals surface area contributed by atoms with Crippen molar-refractivity contribution in [2.45, 2.75) is 58.6 Å². The lowest BCUT2D eigenvalue weighted by atomic mass is 9.98. The molecule has 0 spiro atoms. The molecule has 2 heterocycles. The second kappa shape index (κ2) is 7.24. The number of piperidine rings is 1. The summed E-state index contributed by atoms with van der Waals surface area (Å²) in [6.07, 6.45) is 2.08. The molecule has 1 saturated heterocycles. The average Bonchev–Trinajstić information content (AvgIpc) is 3.45. The highest BCUT2D eigenvalue weighted by molar-refractivity contribution is 5.94. The number of benzene rings is 1. The number of aliphatic hydroxyl groups is 1. The average molecular weight is 383 g/mol. The maximum absolute atomic E-state index is 13.1. The molecule has 28 heavy (non-hydrogen) atoms. The molecular weight excluding hydrogens is 354 g/mol. The van der Waals surface area contributed by atoms with E-state index >= 15 is 0 Å². The fourth-order valence-electron chi connectivity index (χ4n) is 4.25. The van der Waals surface area contributed by atoms with Crippen molar-refractivity contribution >= 4 is 22.7 Å². The zero-order valence-electron chi connectivity index (χ0n) is 16.8. The summed E-state index contributed by atoms with van der Waals surface area (Å²) in [4.78, 5) is 30.4. The van der Waals surface area contributed by atoms with Crippen LogP contribution in [0.2, 0.25) is 0 Å². The molecule has 2 aliphatic rings. The number of nitrogens with zero attached hydrogens (tertiary/aromatic N) is 1. The number of nitrogens with one attached hydrogen (secondary N) is 2. The monoisotopic (exact) mass is 383 g/mol. The number of H-pyrrole nitrogens is 1. The first-order chi connectivity index (χ1) is 13.3. The molecule has 4 rings (SSSR count). The minimum atomic E-state index is -0.591. The molecule has 2 fully saturated rings. The van der Waals surface area contributed by atoms with Crippen molar-refractivity contribution in [1.29, 1.82) is 0 Å². The van der Waals surface area contributed by atoms with Gasteiger partial charge in [-0.2, -0.15) is 0 Å². The Morgan fingerprint density at radius 2 is 1.89 bits per heavy atom. The third kappa shape index (κ3) is 3.53. The van der Waals surface area contributed by atoms with Gasteiger partial charge in [0.25, 0.3) is 0 Å². The maximum Gasteiger partial charge on any atom is 0.227 e. The highest BCUT2D eigenvalue weighted by atomic mass is 16.3. The lowest BCUT2D eigenvalue weighted by Crippen LogP contribution is -2.56. The maximum atomic E-state index is 13.1. The first-order valence-electron chi connectivity index (χ1n) is 10.2. The summed E-state index contributed by atoms with van der Waals surface area (Å²) < 4.78 is 0. The van der Waals surface area contributed by atoms with E-state index in [1.54, 1.807) is 4.90 Å². The molecule has 6 nitrogen and oxygen atoms in total. The number of hydrogen-bond acceptors (Lipinski definition) is 3. The zero-order valence-corrected chi connectivity index (χ0v) is 16.8. The molecule has 1 saturated carbocycles. The minimum absolute atomic E-state index is 0.0110. The van der Waals surface area contributed by atoms with Gasteiger partial charge in [-0.1, -0.05) is 12.1 Å². The normalized spacial score (nSPS) is 22.5. The van der Waals surface area contributed by atoms with E-state index in [4.69, 9.17) is 0 Å². The van der Waals surface area contributed by atoms with Gasteiger partial charge in [0.2, 0.25) is 11.8 Å². The Bertz CT molecular complexity index is 929. The fourth-order valence-corrected chi connectivity index (χ4v) is 4.25. The Labute approximate surface area is 165 Å². The lowest BCUT2D eigenvalue weighted by Gasteiger charge is -2.36. The number of fused-ring (bicyclic) bond motifs is 1. The number of aromatic amines is 1. The quantitative estimate of drug-likeness (QED) is 0.756. The van der Waals surface area contributed by atoms with Gasteiger partial charge >= 0.3 is 0 Å². The molecule has 2 amide bonds. The van der Waals surface area contributed by atoms with E-state index in [0.717, 1.165) is 40.6 Å². The molecule has 2 aromatic rings. The van der Waals surface area contributed by atoms with Crippen molar-refractivity contribution in [1.82, 2.24) is 15.2 Å². The van der Waals surface area contributed by atoms with Crippen molar-refractivity contribution in [2.75, 3.05) is 13.1 Å². The van der Waals surface area contributed by atoms with Gasteiger partial charge < -0.3 is 20.3 Å². The van der Waals surface area contributed by atoms with Crippen molar-refractivity contribution in [3.05, 3.63) is 34.5 Å². The molecule has 6 heteroatoms. The molecule has 2 atom stereocenters. The first-order valence-corrected chi connectivity index (χ1v) is 10.2. The van der Waals surface area contributed by atoms with E-state index in [-0.39, 0.29) is 23.8 Å². The van der Waals surface area contributed by atoms with Crippen LogP contribution in [0.5, 0.6) is 0 Å². The van der Waals surface area contributed by atoms with Gasteiger partial charge in [-0.3, -0.25) is 9.59 Å². The Morgan fingerprint density at radius 3 is 2.61 bits per heavy atom. The van der Waals surface area contributed by atoms with Gasteiger partial charge in [0.15, 0.2) is 0 Å². The molecule has 0 radical (unpaired) electrons. The summed E-state index contributed by atoms with van der Waals surface area (Å²) >= 11 is 0. The van der Waals surface area contributed by atoms with E-state index in [0.29, 0.717) is 25.9 Å². The Morgan fingerprint density at radius 1 is 1.18 bits per heavy atom. The number of aliphatic hydroxyl groups excluding tert-OH is 1. The molecule has 1 aliphatic heterocycles. The molecule has 3 N–H and O–H groups in total. The highest BCUT2D eigenvalue weighted by Gasteiger charge is 2.36. The van der Waals surface area contributed by atoms with Gasteiger partial charge in [-0.05, 0) is 56.7 Å². The van der Waals surface area contributed by atoms with Crippen LogP contribution in [0.1, 0.15) is 41.6 Å². The van der Waals surface area contributed by atoms with Crippen LogP contribution < -0.4 is 5.32 Å². The number of carbonyl (C=O) groups excluding carboxylic acids is 2. The van der Waals surface area contributed by atoms with Crippen molar-refractivity contribution < 1.29 is 14.7 Å². The second-order valence-electron chi connectivity index (χ2n) is 8.44. The van der Waals surface area contributed by atoms with Crippen LogP contribution in [0.3, 0.4) is 0 Å². The van der Waals surface area contributed by atoms with Gasteiger partial charge in [0.05, 0.1) is 18.6 Å². The van der Waals surface area contributed by atoms with Crippen LogP contribution in [0.15, 0.2) is 12.1 Å². The van der Waals surface area contributed by atoms with E-state index in [1.807, 2.05) is 6.92 Å². The van der Waals surface area contributed by atoms with Gasteiger partial charge in [-0.15, -0.1) is 0 Å². The molecule has 1 aliphatic carbocycles. The van der Waals surface area contributed by atoms with Crippen LogP contribution in [0.25, 0.3) is 10.9 Å². The molecule has 0 bridgehead atoms. The molecule has 1 aromatic heterocycles. The molecule has 150 valence electrons. The Kier molecular flexibility index (Phi) is 4.91. The van der Waals surface area contributed by atoms with Gasteiger partial charge in [-0.25, -0.2) is 0 Å². The van der Waals surface area contributed by atoms with Crippen LogP contribution in [0.4, 0.5) is 0 Å². The van der Waals surface area contributed by atoms with Crippen LogP contribution in [-0.4, -0.2) is 52.0 Å². The van der Waals surface area contributed by atoms with Crippen molar-refractivity contribution in [3.63, 3.8) is 0 Å². The molecular formula is C22H29N3O3. The summed E-state index contributed by atoms with van der Waals surface area (Å²) in [6.45, 7) is 7.05.